The van der Waals surface area contributed by atoms with Crippen molar-refractivity contribution in [3.63, 3.8) is 0 Å². The highest BCUT2D eigenvalue weighted by Crippen LogP contribution is 2.26. The number of nitrogens with zero attached hydrogens (tertiary/aromatic N) is 7. The number of carbonyl (C=O) groups is 1. The molecular formula is C24H21F2N7O. The number of amides is 1. The lowest BCUT2D eigenvalue weighted by atomic mass is 10.1. The normalized spacial score (nSPS) is 13.8. The standard InChI is InChI=1S/C24H21F2N7O/c25-18-4-2-17(3-5-18)21-14-22(20-7-6-19(26)15-29-20)33(30-21)16-23(34)31-10-12-32(13-11-31)24-27-8-1-9-28-24/h1-9,14-15H,10-13,16H2. The Morgan fingerprint density at radius 1 is 0.853 bits per heavy atom. The van der Waals surface area contributed by atoms with Crippen LogP contribution in [0, 0.1) is 11.6 Å². The summed E-state index contributed by atoms with van der Waals surface area (Å²) in [5.41, 5.74) is 2.33. The Bertz CT molecular complexity index is 1270. The number of piperazine rings is 1. The van der Waals surface area contributed by atoms with E-state index in [1.165, 1.54) is 18.2 Å². The van der Waals surface area contributed by atoms with Crippen LogP contribution in [-0.4, -0.2) is 61.7 Å². The van der Waals surface area contributed by atoms with Crippen LogP contribution >= 0.6 is 0 Å². The Kier molecular flexibility index (Phi) is 5.94. The number of rotatable bonds is 5. The van der Waals surface area contributed by atoms with Gasteiger partial charge in [-0.1, -0.05) is 0 Å². The van der Waals surface area contributed by atoms with E-state index in [1.54, 1.807) is 52.3 Å². The highest BCUT2D eigenvalue weighted by Gasteiger charge is 2.24. The summed E-state index contributed by atoms with van der Waals surface area (Å²) in [6.07, 6.45) is 4.51. The third kappa shape index (κ3) is 4.61. The largest absolute Gasteiger partial charge is 0.338 e. The van der Waals surface area contributed by atoms with Gasteiger partial charge in [0.05, 0.1) is 23.3 Å². The van der Waals surface area contributed by atoms with E-state index in [1.807, 2.05) is 4.90 Å². The molecule has 5 rings (SSSR count). The molecule has 8 nitrogen and oxygen atoms in total. The number of anilines is 1. The van der Waals surface area contributed by atoms with Crippen LogP contribution in [-0.2, 0) is 11.3 Å². The summed E-state index contributed by atoms with van der Waals surface area (Å²) in [5, 5.41) is 4.59. The van der Waals surface area contributed by atoms with Gasteiger partial charge in [-0.25, -0.2) is 18.7 Å². The van der Waals surface area contributed by atoms with Gasteiger partial charge in [-0.3, -0.25) is 14.5 Å². The Labute approximate surface area is 194 Å². The second-order valence-electron chi connectivity index (χ2n) is 7.86. The summed E-state index contributed by atoms with van der Waals surface area (Å²) in [4.78, 5) is 29.6. The first kappa shape index (κ1) is 21.6. The molecule has 0 aliphatic carbocycles. The SMILES string of the molecule is O=C(Cn1nc(-c2ccc(F)cc2)cc1-c1ccc(F)cn1)N1CCN(c2ncccn2)CC1. The van der Waals surface area contributed by atoms with E-state index in [0.29, 0.717) is 54.8 Å². The Morgan fingerprint density at radius 2 is 1.56 bits per heavy atom. The zero-order valence-corrected chi connectivity index (χ0v) is 18.2. The van der Waals surface area contributed by atoms with Crippen LogP contribution in [0.5, 0.6) is 0 Å². The van der Waals surface area contributed by atoms with Crippen molar-refractivity contribution in [1.82, 2.24) is 29.6 Å². The first-order valence-electron chi connectivity index (χ1n) is 10.8. The van der Waals surface area contributed by atoms with Crippen molar-refractivity contribution in [2.45, 2.75) is 6.54 Å². The highest BCUT2D eigenvalue weighted by atomic mass is 19.1. The summed E-state index contributed by atoms with van der Waals surface area (Å²) in [5.74, 6) is -0.246. The molecule has 34 heavy (non-hydrogen) atoms. The van der Waals surface area contributed by atoms with Crippen molar-refractivity contribution in [1.29, 1.82) is 0 Å². The van der Waals surface area contributed by atoms with Gasteiger partial charge in [0.15, 0.2) is 0 Å². The van der Waals surface area contributed by atoms with Crippen molar-refractivity contribution in [2.75, 3.05) is 31.1 Å². The second-order valence-corrected chi connectivity index (χ2v) is 7.86. The Balaban J connectivity index is 1.36. The van der Waals surface area contributed by atoms with Gasteiger partial charge in [0, 0.05) is 44.1 Å². The van der Waals surface area contributed by atoms with Crippen LogP contribution in [0.1, 0.15) is 0 Å². The van der Waals surface area contributed by atoms with E-state index in [2.05, 4.69) is 20.1 Å². The molecule has 1 amide bonds. The monoisotopic (exact) mass is 461 g/mol. The Morgan fingerprint density at radius 3 is 2.24 bits per heavy atom. The third-order valence-electron chi connectivity index (χ3n) is 5.66. The molecule has 0 unspecified atom stereocenters. The van der Waals surface area contributed by atoms with E-state index in [-0.39, 0.29) is 18.3 Å². The van der Waals surface area contributed by atoms with Crippen LogP contribution in [0.4, 0.5) is 14.7 Å². The molecular weight excluding hydrogens is 440 g/mol. The number of benzene rings is 1. The molecule has 0 atom stereocenters. The van der Waals surface area contributed by atoms with E-state index in [0.717, 1.165) is 6.20 Å². The molecule has 0 saturated carbocycles. The predicted octanol–water partition coefficient (Wildman–Crippen LogP) is 3.03. The fourth-order valence-corrected chi connectivity index (χ4v) is 3.87. The summed E-state index contributed by atoms with van der Waals surface area (Å²) in [6, 6.07) is 12.3. The smallest absolute Gasteiger partial charge is 0.244 e. The molecule has 4 aromatic rings. The van der Waals surface area contributed by atoms with E-state index in [9.17, 15) is 13.6 Å². The average molecular weight is 461 g/mol. The quantitative estimate of drug-likeness (QED) is 0.455. The number of hydrogen-bond acceptors (Lipinski definition) is 6. The number of hydrogen-bond donors (Lipinski definition) is 0. The molecule has 0 spiro atoms. The molecule has 172 valence electrons. The number of halogens is 2. The lowest BCUT2D eigenvalue weighted by molar-refractivity contribution is -0.132. The van der Waals surface area contributed by atoms with Crippen molar-refractivity contribution < 1.29 is 13.6 Å². The molecule has 0 N–H and O–H groups in total. The van der Waals surface area contributed by atoms with E-state index < -0.39 is 5.82 Å². The van der Waals surface area contributed by atoms with Gasteiger partial charge in [0.25, 0.3) is 0 Å². The molecule has 0 bridgehead atoms. The summed E-state index contributed by atoms with van der Waals surface area (Å²) >= 11 is 0. The van der Waals surface area contributed by atoms with Crippen LogP contribution in [0.25, 0.3) is 22.6 Å². The van der Waals surface area contributed by atoms with E-state index >= 15 is 0 Å². The zero-order valence-electron chi connectivity index (χ0n) is 18.2. The zero-order chi connectivity index (χ0) is 23.5. The van der Waals surface area contributed by atoms with Crippen LogP contribution < -0.4 is 4.90 Å². The van der Waals surface area contributed by atoms with Crippen molar-refractivity contribution in [2.24, 2.45) is 0 Å². The van der Waals surface area contributed by atoms with Crippen molar-refractivity contribution in [3.05, 3.63) is 78.8 Å². The van der Waals surface area contributed by atoms with Gasteiger partial charge in [0.2, 0.25) is 11.9 Å². The molecule has 1 aromatic carbocycles. The van der Waals surface area contributed by atoms with Gasteiger partial charge < -0.3 is 9.80 Å². The number of pyridine rings is 1. The molecule has 10 heteroatoms. The van der Waals surface area contributed by atoms with Gasteiger partial charge in [-0.15, -0.1) is 0 Å². The van der Waals surface area contributed by atoms with Gasteiger partial charge >= 0.3 is 0 Å². The molecule has 4 heterocycles. The summed E-state index contributed by atoms with van der Waals surface area (Å²) < 4.78 is 28.4. The maximum atomic E-state index is 13.4. The second kappa shape index (κ2) is 9.34. The first-order valence-corrected chi connectivity index (χ1v) is 10.8. The van der Waals surface area contributed by atoms with E-state index in [4.69, 9.17) is 0 Å². The topological polar surface area (TPSA) is 80.0 Å². The minimum Gasteiger partial charge on any atom is -0.338 e. The van der Waals surface area contributed by atoms with Crippen LogP contribution in [0.15, 0.2) is 67.1 Å². The fraction of sp³-hybridized carbons (Fsp3) is 0.208. The summed E-state index contributed by atoms with van der Waals surface area (Å²) in [7, 11) is 0. The van der Waals surface area contributed by atoms with Crippen molar-refractivity contribution in [3.8, 4) is 22.6 Å². The molecule has 1 aliphatic heterocycles. The molecule has 1 saturated heterocycles. The Hall–Kier alpha value is -4.21. The van der Waals surface area contributed by atoms with Crippen molar-refractivity contribution >= 4 is 11.9 Å². The fourth-order valence-electron chi connectivity index (χ4n) is 3.87. The minimum absolute atomic E-state index is 0.00256. The lowest BCUT2D eigenvalue weighted by Gasteiger charge is -2.34. The third-order valence-corrected chi connectivity index (χ3v) is 5.66. The molecule has 1 aliphatic rings. The highest BCUT2D eigenvalue weighted by molar-refractivity contribution is 5.77. The molecule has 0 radical (unpaired) electrons. The number of carbonyl (C=O) groups excluding carboxylic acids is 1. The maximum absolute atomic E-state index is 13.4. The maximum Gasteiger partial charge on any atom is 0.244 e. The molecule has 1 fully saturated rings. The molecule has 3 aromatic heterocycles. The minimum atomic E-state index is -0.454. The summed E-state index contributed by atoms with van der Waals surface area (Å²) in [6.45, 7) is 2.32. The first-order chi connectivity index (χ1) is 16.6. The lowest BCUT2D eigenvalue weighted by Crippen LogP contribution is -2.50. The predicted molar refractivity (Wildman–Crippen MR) is 122 cm³/mol. The van der Waals surface area contributed by atoms with Gasteiger partial charge in [0.1, 0.15) is 18.2 Å². The van der Waals surface area contributed by atoms with Crippen LogP contribution in [0.3, 0.4) is 0 Å². The number of aromatic nitrogens is 5. The average Bonchev–Trinajstić information content (AvgIpc) is 3.29. The van der Waals surface area contributed by atoms with Gasteiger partial charge in [-0.05, 0) is 48.5 Å². The van der Waals surface area contributed by atoms with Crippen LogP contribution in [0.2, 0.25) is 0 Å². The van der Waals surface area contributed by atoms with Gasteiger partial charge in [-0.2, -0.15) is 5.10 Å².